The Labute approximate surface area is 115 Å². The summed E-state index contributed by atoms with van der Waals surface area (Å²) in [5, 5.41) is 0. The van der Waals surface area contributed by atoms with Gasteiger partial charge in [0.25, 0.3) is 0 Å². The van der Waals surface area contributed by atoms with Crippen LogP contribution in [0.1, 0.15) is 51.9 Å². The Balaban J connectivity index is 1.98. The van der Waals surface area contributed by atoms with E-state index in [0.717, 1.165) is 12.8 Å². The number of hydrogen-bond donors (Lipinski definition) is 1. The maximum absolute atomic E-state index is 11.5. The largest absolute Gasteiger partial charge is 0.465 e. The van der Waals surface area contributed by atoms with Crippen molar-refractivity contribution in [1.82, 2.24) is 0 Å². The van der Waals surface area contributed by atoms with Crippen molar-refractivity contribution in [1.29, 1.82) is 0 Å². The van der Waals surface area contributed by atoms with E-state index in [-0.39, 0.29) is 31.3 Å². The van der Waals surface area contributed by atoms with Gasteiger partial charge in [0, 0.05) is 12.3 Å². The Hall–Kier alpha value is -0.380. The zero-order chi connectivity index (χ0) is 14.1. The molecule has 1 aliphatic rings. The van der Waals surface area contributed by atoms with Crippen molar-refractivity contribution in [2.45, 2.75) is 51.9 Å². The van der Waals surface area contributed by atoms with Crippen molar-refractivity contribution in [2.75, 3.05) is 19.4 Å². The fourth-order valence-electron chi connectivity index (χ4n) is 2.09. The van der Waals surface area contributed by atoms with Crippen LogP contribution >= 0.6 is 7.60 Å². The highest BCUT2D eigenvalue weighted by Crippen LogP contribution is 2.49. The minimum atomic E-state index is -3.39. The van der Waals surface area contributed by atoms with Crippen LogP contribution in [0.4, 0.5) is 0 Å². The van der Waals surface area contributed by atoms with Crippen LogP contribution < -0.4 is 0 Å². The van der Waals surface area contributed by atoms with Gasteiger partial charge in [-0.3, -0.25) is 9.36 Å². The minimum Gasteiger partial charge on any atom is -0.465 e. The van der Waals surface area contributed by atoms with Gasteiger partial charge in [0.1, 0.15) is 0 Å². The third-order valence-corrected chi connectivity index (χ3v) is 4.75. The SMILES string of the molecule is CCCCCCCCC(=O)OCC1COP(=O)(O)C1. The van der Waals surface area contributed by atoms with Crippen molar-refractivity contribution in [2.24, 2.45) is 5.92 Å². The summed E-state index contributed by atoms with van der Waals surface area (Å²) in [4.78, 5) is 20.6. The van der Waals surface area contributed by atoms with Gasteiger partial charge in [-0.2, -0.15) is 0 Å². The maximum atomic E-state index is 11.5. The van der Waals surface area contributed by atoms with Crippen LogP contribution in [0, 0.1) is 5.92 Å². The van der Waals surface area contributed by atoms with Crippen LogP contribution in [0.25, 0.3) is 0 Å². The lowest BCUT2D eigenvalue weighted by molar-refractivity contribution is -0.145. The first kappa shape index (κ1) is 16.7. The monoisotopic (exact) mass is 292 g/mol. The Morgan fingerprint density at radius 3 is 2.63 bits per heavy atom. The van der Waals surface area contributed by atoms with Gasteiger partial charge >= 0.3 is 13.6 Å². The molecular weight excluding hydrogens is 267 g/mol. The van der Waals surface area contributed by atoms with E-state index in [1.807, 2.05) is 0 Å². The zero-order valence-corrected chi connectivity index (χ0v) is 12.6. The number of rotatable bonds is 9. The quantitative estimate of drug-likeness (QED) is 0.401. The van der Waals surface area contributed by atoms with E-state index in [1.54, 1.807) is 0 Å². The standard InChI is InChI=1S/C13H25O5P/c1-2-3-4-5-6-7-8-13(14)17-9-12-10-18-19(15,16)11-12/h12H,2-11H2,1H3,(H,15,16). The number of ether oxygens (including phenoxy) is 1. The maximum Gasteiger partial charge on any atom is 0.328 e. The molecule has 0 saturated carbocycles. The van der Waals surface area contributed by atoms with E-state index in [2.05, 4.69) is 6.92 Å². The summed E-state index contributed by atoms with van der Waals surface area (Å²) in [5.41, 5.74) is 0. The average Bonchev–Trinajstić information content (AvgIpc) is 2.71. The molecule has 0 amide bonds. The number of hydrogen-bond acceptors (Lipinski definition) is 4. The second-order valence-electron chi connectivity index (χ2n) is 5.18. The first-order chi connectivity index (χ1) is 9.03. The van der Waals surface area contributed by atoms with Crippen molar-refractivity contribution in [3.05, 3.63) is 0 Å². The molecule has 1 N–H and O–H groups in total. The van der Waals surface area contributed by atoms with Gasteiger partial charge in [0.15, 0.2) is 0 Å². The number of carbonyl (C=O) groups is 1. The summed E-state index contributed by atoms with van der Waals surface area (Å²) in [7, 11) is -3.39. The van der Waals surface area contributed by atoms with Gasteiger partial charge in [0.05, 0.1) is 19.4 Å². The number of carbonyl (C=O) groups excluding carboxylic acids is 1. The van der Waals surface area contributed by atoms with Crippen LogP contribution in [0.3, 0.4) is 0 Å². The lowest BCUT2D eigenvalue weighted by Crippen LogP contribution is -2.16. The zero-order valence-electron chi connectivity index (χ0n) is 11.7. The topological polar surface area (TPSA) is 72.8 Å². The highest BCUT2D eigenvalue weighted by Gasteiger charge is 2.34. The molecule has 0 aromatic carbocycles. The molecule has 2 atom stereocenters. The van der Waals surface area contributed by atoms with Crippen molar-refractivity contribution >= 4 is 13.6 Å². The molecule has 0 spiro atoms. The molecule has 19 heavy (non-hydrogen) atoms. The van der Waals surface area contributed by atoms with E-state index in [0.29, 0.717) is 6.42 Å². The molecule has 1 heterocycles. The molecule has 1 saturated heterocycles. The summed E-state index contributed by atoms with van der Waals surface area (Å²) in [6.45, 7) is 2.58. The smallest absolute Gasteiger partial charge is 0.328 e. The van der Waals surface area contributed by atoms with Crippen LogP contribution in [0.5, 0.6) is 0 Å². The summed E-state index contributed by atoms with van der Waals surface area (Å²) in [5.74, 6) is -0.348. The van der Waals surface area contributed by atoms with Gasteiger partial charge in [-0.15, -0.1) is 0 Å². The molecule has 1 rings (SSSR count). The third-order valence-electron chi connectivity index (χ3n) is 3.22. The summed E-state index contributed by atoms with van der Waals surface area (Å²) in [6.07, 6.45) is 7.35. The molecule has 0 aliphatic carbocycles. The van der Waals surface area contributed by atoms with Gasteiger partial charge < -0.3 is 14.2 Å². The van der Waals surface area contributed by atoms with E-state index in [9.17, 15) is 9.36 Å². The molecule has 2 unspecified atom stereocenters. The van der Waals surface area contributed by atoms with Gasteiger partial charge in [-0.05, 0) is 6.42 Å². The highest BCUT2D eigenvalue weighted by molar-refractivity contribution is 7.53. The van der Waals surface area contributed by atoms with Crippen LogP contribution in [0.2, 0.25) is 0 Å². The predicted octanol–water partition coefficient (Wildman–Crippen LogP) is 3.11. The van der Waals surface area contributed by atoms with E-state index in [4.69, 9.17) is 14.2 Å². The third kappa shape index (κ3) is 7.71. The summed E-state index contributed by atoms with van der Waals surface area (Å²) >= 11 is 0. The second-order valence-corrected chi connectivity index (χ2v) is 7.08. The minimum absolute atomic E-state index is 0.0945. The average molecular weight is 292 g/mol. The summed E-state index contributed by atoms with van der Waals surface area (Å²) < 4.78 is 21.0. The first-order valence-corrected chi connectivity index (χ1v) is 8.92. The Bertz CT molecular complexity index is 318. The molecule has 1 fully saturated rings. The molecule has 0 aromatic rings. The first-order valence-electron chi connectivity index (χ1n) is 7.15. The molecule has 0 aromatic heterocycles. The van der Waals surface area contributed by atoms with Gasteiger partial charge in [0.2, 0.25) is 0 Å². The highest BCUT2D eigenvalue weighted by atomic mass is 31.2. The molecule has 0 radical (unpaired) electrons. The fourth-order valence-corrected chi connectivity index (χ4v) is 3.50. The Morgan fingerprint density at radius 1 is 1.32 bits per heavy atom. The van der Waals surface area contributed by atoms with E-state index >= 15 is 0 Å². The molecule has 1 aliphatic heterocycles. The Morgan fingerprint density at radius 2 is 2.00 bits per heavy atom. The number of unbranched alkanes of at least 4 members (excludes halogenated alkanes) is 5. The van der Waals surface area contributed by atoms with Crippen molar-refractivity contribution < 1.29 is 23.5 Å². The van der Waals surface area contributed by atoms with Gasteiger partial charge in [-0.25, -0.2) is 0 Å². The summed E-state index contributed by atoms with van der Waals surface area (Å²) in [6, 6.07) is 0. The lowest BCUT2D eigenvalue weighted by atomic mass is 10.1. The fraction of sp³-hybridized carbons (Fsp3) is 0.923. The van der Waals surface area contributed by atoms with E-state index in [1.165, 1.54) is 25.7 Å². The lowest BCUT2D eigenvalue weighted by Gasteiger charge is -2.08. The van der Waals surface area contributed by atoms with Crippen LogP contribution in [-0.4, -0.2) is 30.2 Å². The molecule has 0 bridgehead atoms. The molecule has 6 heteroatoms. The molecule has 5 nitrogen and oxygen atoms in total. The predicted molar refractivity (Wildman–Crippen MR) is 73.1 cm³/mol. The van der Waals surface area contributed by atoms with Gasteiger partial charge in [-0.1, -0.05) is 39.0 Å². The van der Waals surface area contributed by atoms with E-state index < -0.39 is 7.60 Å². The van der Waals surface area contributed by atoms with Crippen LogP contribution in [-0.2, 0) is 18.6 Å². The van der Waals surface area contributed by atoms with Crippen molar-refractivity contribution in [3.8, 4) is 0 Å². The normalized spacial score (nSPS) is 26.5. The molecular formula is C13H25O5P. The van der Waals surface area contributed by atoms with Crippen LogP contribution in [0.15, 0.2) is 0 Å². The van der Waals surface area contributed by atoms with Crippen molar-refractivity contribution in [3.63, 3.8) is 0 Å². The second kappa shape index (κ2) is 8.72. The Kier molecular flexibility index (Phi) is 7.66. The molecule has 112 valence electrons. The number of esters is 1.